The highest BCUT2D eigenvalue weighted by molar-refractivity contribution is 5.89. The van der Waals surface area contributed by atoms with Crippen LogP contribution in [0.2, 0.25) is 0 Å². The summed E-state index contributed by atoms with van der Waals surface area (Å²) in [5.41, 5.74) is 1.48. The number of nitrogens with one attached hydrogen (secondary N) is 1. The summed E-state index contributed by atoms with van der Waals surface area (Å²) < 4.78 is 14.8. The third-order valence-electron chi connectivity index (χ3n) is 2.92. The Labute approximate surface area is 128 Å². The number of rotatable bonds is 6. The molecule has 1 aromatic heterocycles. The largest absolute Gasteiger partial charge is 0.481 e. The Morgan fingerprint density at radius 1 is 1.05 bits per heavy atom. The van der Waals surface area contributed by atoms with E-state index in [1.165, 1.54) is 21.3 Å². The van der Waals surface area contributed by atoms with Gasteiger partial charge >= 0.3 is 5.97 Å². The summed E-state index contributed by atoms with van der Waals surface area (Å²) in [6.07, 6.45) is 0. The van der Waals surface area contributed by atoms with Gasteiger partial charge in [0, 0.05) is 6.54 Å². The molecule has 0 saturated heterocycles. The number of esters is 1. The summed E-state index contributed by atoms with van der Waals surface area (Å²) in [5.74, 6) is 0.861. The highest BCUT2D eigenvalue weighted by Crippen LogP contribution is 2.17. The van der Waals surface area contributed by atoms with Crippen molar-refractivity contribution in [2.24, 2.45) is 0 Å². The van der Waals surface area contributed by atoms with Crippen molar-refractivity contribution in [3.8, 4) is 11.8 Å². The molecule has 1 aromatic carbocycles. The number of ether oxygens (including phenoxy) is 3. The zero-order valence-corrected chi connectivity index (χ0v) is 12.6. The quantitative estimate of drug-likeness (QED) is 0.816. The van der Waals surface area contributed by atoms with Crippen LogP contribution in [0.3, 0.4) is 0 Å². The number of benzene rings is 1. The number of carbonyl (C=O) groups excluding carboxylic acids is 1. The summed E-state index contributed by atoms with van der Waals surface area (Å²) in [4.78, 5) is 19.7. The lowest BCUT2D eigenvalue weighted by molar-refractivity contribution is 0.0600. The van der Waals surface area contributed by atoms with Gasteiger partial charge in [-0.3, -0.25) is 0 Å². The molecule has 7 heteroatoms. The van der Waals surface area contributed by atoms with Crippen molar-refractivity contribution < 1.29 is 19.0 Å². The van der Waals surface area contributed by atoms with Crippen molar-refractivity contribution in [1.82, 2.24) is 9.97 Å². The standard InChI is InChI=1S/C15H17N3O4/c1-20-12-8-13(21-2)18-15(17-12)16-9-10-4-6-11(7-5-10)14(19)22-3/h4-8H,9H2,1-3H3,(H,16,17,18). The van der Waals surface area contributed by atoms with Crippen LogP contribution in [0.5, 0.6) is 11.8 Å². The first-order valence-corrected chi connectivity index (χ1v) is 6.54. The average Bonchev–Trinajstić information content (AvgIpc) is 2.59. The monoisotopic (exact) mass is 303 g/mol. The van der Waals surface area contributed by atoms with Gasteiger partial charge in [-0.25, -0.2) is 4.79 Å². The highest BCUT2D eigenvalue weighted by atomic mass is 16.5. The fraction of sp³-hybridized carbons (Fsp3) is 0.267. The molecule has 2 aromatic rings. The molecular formula is C15H17N3O4. The van der Waals surface area contributed by atoms with E-state index in [0.29, 0.717) is 29.8 Å². The van der Waals surface area contributed by atoms with Gasteiger partial charge in [0.15, 0.2) is 0 Å². The zero-order valence-electron chi connectivity index (χ0n) is 12.6. The number of carbonyl (C=O) groups is 1. The Morgan fingerprint density at radius 2 is 1.64 bits per heavy atom. The van der Waals surface area contributed by atoms with E-state index < -0.39 is 0 Å². The van der Waals surface area contributed by atoms with Crippen molar-refractivity contribution in [2.75, 3.05) is 26.6 Å². The number of hydrogen-bond donors (Lipinski definition) is 1. The number of anilines is 1. The van der Waals surface area contributed by atoms with Crippen LogP contribution < -0.4 is 14.8 Å². The van der Waals surface area contributed by atoms with Crippen LogP contribution in [0.25, 0.3) is 0 Å². The van der Waals surface area contributed by atoms with E-state index in [0.717, 1.165) is 5.56 Å². The van der Waals surface area contributed by atoms with Crippen molar-refractivity contribution in [1.29, 1.82) is 0 Å². The maximum atomic E-state index is 11.4. The topological polar surface area (TPSA) is 82.6 Å². The first-order valence-electron chi connectivity index (χ1n) is 6.54. The maximum Gasteiger partial charge on any atom is 0.337 e. The third kappa shape index (κ3) is 3.85. The minimum atomic E-state index is -0.361. The summed E-state index contributed by atoms with van der Waals surface area (Å²) in [6.45, 7) is 0.498. The molecule has 7 nitrogen and oxygen atoms in total. The van der Waals surface area contributed by atoms with Gasteiger partial charge in [0.05, 0.1) is 33.0 Å². The molecule has 0 atom stereocenters. The molecule has 0 aliphatic heterocycles. The van der Waals surface area contributed by atoms with E-state index >= 15 is 0 Å². The molecule has 1 N–H and O–H groups in total. The molecule has 0 radical (unpaired) electrons. The molecule has 0 saturated carbocycles. The number of nitrogens with zero attached hydrogens (tertiary/aromatic N) is 2. The molecule has 0 amide bonds. The van der Waals surface area contributed by atoms with Crippen LogP contribution in [0.4, 0.5) is 5.95 Å². The number of methoxy groups -OCH3 is 3. The van der Waals surface area contributed by atoms with Gasteiger partial charge in [0.25, 0.3) is 0 Å². The number of aromatic nitrogens is 2. The van der Waals surface area contributed by atoms with Crippen molar-refractivity contribution in [2.45, 2.75) is 6.54 Å². The Bertz CT molecular complexity index is 621. The minimum Gasteiger partial charge on any atom is -0.481 e. The maximum absolute atomic E-state index is 11.4. The Morgan fingerprint density at radius 3 is 2.14 bits per heavy atom. The molecule has 2 rings (SSSR count). The Hall–Kier alpha value is -2.83. The summed E-state index contributed by atoms with van der Waals surface area (Å²) in [7, 11) is 4.40. The molecule has 0 bridgehead atoms. The van der Waals surface area contributed by atoms with Gasteiger partial charge in [-0.15, -0.1) is 0 Å². The first-order chi connectivity index (χ1) is 10.7. The zero-order chi connectivity index (χ0) is 15.9. The lowest BCUT2D eigenvalue weighted by atomic mass is 10.1. The lowest BCUT2D eigenvalue weighted by Crippen LogP contribution is -2.06. The van der Waals surface area contributed by atoms with Crippen LogP contribution in [-0.2, 0) is 11.3 Å². The van der Waals surface area contributed by atoms with Crippen LogP contribution in [-0.4, -0.2) is 37.3 Å². The van der Waals surface area contributed by atoms with Crippen LogP contribution >= 0.6 is 0 Å². The summed E-state index contributed by atoms with van der Waals surface area (Å²) in [6, 6.07) is 8.66. The van der Waals surface area contributed by atoms with Crippen molar-refractivity contribution in [3.05, 3.63) is 41.5 Å². The van der Waals surface area contributed by atoms with E-state index in [1.54, 1.807) is 18.2 Å². The lowest BCUT2D eigenvalue weighted by Gasteiger charge is -2.08. The average molecular weight is 303 g/mol. The fourth-order valence-electron chi connectivity index (χ4n) is 1.75. The van der Waals surface area contributed by atoms with Gasteiger partial charge in [-0.05, 0) is 17.7 Å². The molecule has 0 unspecified atom stereocenters. The van der Waals surface area contributed by atoms with Gasteiger partial charge in [-0.1, -0.05) is 12.1 Å². The van der Waals surface area contributed by atoms with Crippen LogP contribution in [0, 0.1) is 0 Å². The second-order valence-electron chi connectivity index (χ2n) is 4.32. The van der Waals surface area contributed by atoms with Crippen LogP contribution in [0.15, 0.2) is 30.3 Å². The first kappa shape index (κ1) is 15.6. The second-order valence-corrected chi connectivity index (χ2v) is 4.32. The molecule has 0 aliphatic carbocycles. The molecule has 0 aliphatic rings. The van der Waals surface area contributed by atoms with Crippen LogP contribution in [0.1, 0.15) is 15.9 Å². The van der Waals surface area contributed by atoms with E-state index in [9.17, 15) is 4.79 Å². The molecule has 116 valence electrons. The SMILES string of the molecule is COC(=O)c1ccc(CNc2nc(OC)cc(OC)n2)cc1. The van der Waals surface area contributed by atoms with Crippen molar-refractivity contribution in [3.63, 3.8) is 0 Å². The Kier molecular flexibility index (Phi) is 5.13. The third-order valence-corrected chi connectivity index (χ3v) is 2.92. The van der Waals surface area contributed by atoms with Gasteiger partial charge in [0.1, 0.15) is 0 Å². The fourth-order valence-corrected chi connectivity index (χ4v) is 1.75. The summed E-state index contributed by atoms with van der Waals surface area (Å²) in [5, 5.41) is 3.07. The van der Waals surface area contributed by atoms with E-state index in [2.05, 4.69) is 20.0 Å². The van der Waals surface area contributed by atoms with Crippen molar-refractivity contribution >= 4 is 11.9 Å². The smallest absolute Gasteiger partial charge is 0.337 e. The van der Waals surface area contributed by atoms with E-state index in [4.69, 9.17) is 9.47 Å². The Balaban J connectivity index is 2.05. The summed E-state index contributed by atoms with van der Waals surface area (Å²) >= 11 is 0. The normalized spacial score (nSPS) is 9.95. The molecule has 0 spiro atoms. The predicted octanol–water partition coefficient (Wildman–Crippen LogP) is 1.89. The minimum absolute atomic E-state index is 0.361. The van der Waals surface area contributed by atoms with E-state index in [-0.39, 0.29) is 5.97 Å². The van der Waals surface area contributed by atoms with E-state index in [1.807, 2.05) is 12.1 Å². The molecule has 0 fully saturated rings. The van der Waals surface area contributed by atoms with Gasteiger partial charge < -0.3 is 19.5 Å². The predicted molar refractivity (Wildman–Crippen MR) is 80.2 cm³/mol. The molecule has 1 heterocycles. The molecule has 22 heavy (non-hydrogen) atoms. The number of hydrogen-bond acceptors (Lipinski definition) is 7. The second kappa shape index (κ2) is 7.26. The van der Waals surface area contributed by atoms with Gasteiger partial charge in [0.2, 0.25) is 17.7 Å². The molecular weight excluding hydrogens is 286 g/mol. The van der Waals surface area contributed by atoms with Gasteiger partial charge in [-0.2, -0.15) is 9.97 Å². The highest BCUT2D eigenvalue weighted by Gasteiger charge is 2.06.